The van der Waals surface area contributed by atoms with Crippen LogP contribution < -0.4 is 10.5 Å². The van der Waals surface area contributed by atoms with Crippen molar-refractivity contribution >= 4 is 17.0 Å². The second-order valence-electron chi connectivity index (χ2n) is 6.14. The maximum Gasteiger partial charge on any atom is 0.201 e. The van der Waals surface area contributed by atoms with Crippen LogP contribution in [0.25, 0.3) is 11.0 Å². The molecule has 0 fully saturated rings. The van der Waals surface area contributed by atoms with E-state index in [1.807, 2.05) is 41.8 Å². The number of nitrogen functional groups attached to an aromatic ring is 1. The summed E-state index contributed by atoms with van der Waals surface area (Å²) in [5, 5.41) is 9.39. The van der Waals surface area contributed by atoms with Crippen LogP contribution in [-0.4, -0.2) is 26.2 Å². The summed E-state index contributed by atoms with van der Waals surface area (Å²) in [5.41, 5.74) is 10.4. The number of aliphatic hydroxyl groups excluding tert-OH is 1. The van der Waals surface area contributed by atoms with E-state index in [2.05, 4.69) is 16.9 Å². The van der Waals surface area contributed by atoms with Crippen LogP contribution in [0.15, 0.2) is 30.3 Å². The van der Waals surface area contributed by atoms with Gasteiger partial charge < -0.3 is 20.1 Å². The zero-order chi connectivity index (χ0) is 17.8. The minimum Gasteiger partial charge on any atom is -0.492 e. The highest BCUT2D eigenvalue weighted by Gasteiger charge is 2.13. The first-order valence-electron chi connectivity index (χ1n) is 8.57. The first kappa shape index (κ1) is 17.2. The van der Waals surface area contributed by atoms with E-state index in [0.717, 1.165) is 46.6 Å². The molecule has 0 radical (unpaired) electrons. The Balaban J connectivity index is 1.97. The van der Waals surface area contributed by atoms with Crippen LogP contribution in [0, 0.1) is 6.92 Å². The van der Waals surface area contributed by atoms with Gasteiger partial charge in [-0.25, -0.2) is 4.98 Å². The van der Waals surface area contributed by atoms with Crippen molar-refractivity contribution in [2.45, 2.75) is 39.8 Å². The average molecular weight is 340 g/mol. The minimum absolute atomic E-state index is 0.0188. The third-order valence-electron chi connectivity index (χ3n) is 4.16. The number of ether oxygens (including phenoxy) is 1. The van der Waals surface area contributed by atoms with Gasteiger partial charge in [0.2, 0.25) is 5.95 Å². The fourth-order valence-corrected chi connectivity index (χ4v) is 2.77. The number of imidazole rings is 1. The van der Waals surface area contributed by atoms with E-state index in [9.17, 15) is 5.11 Å². The monoisotopic (exact) mass is 340 g/mol. The number of unbranched alkanes of at least 4 members (excludes halogenated alkanes) is 1. The first-order valence-corrected chi connectivity index (χ1v) is 8.57. The molecule has 3 aromatic rings. The number of aryl methyl sites for hydroxylation is 1. The number of nitrogens with two attached hydrogens (primary N) is 1. The molecule has 0 atom stereocenters. The number of pyridine rings is 1. The zero-order valence-electron chi connectivity index (χ0n) is 14.7. The van der Waals surface area contributed by atoms with Gasteiger partial charge in [0.25, 0.3) is 0 Å². The number of aliphatic hydroxyl groups is 1. The normalized spacial score (nSPS) is 11.2. The summed E-state index contributed by atoms with van der Waals surface area (Å²) in [5.74, 6) is 1.20. The molecule has 0 unspecified atom stereocenters. The van der Waals surface area contributed by atoms with Gasteiger partial charge in [0.15, 0.2) is 0 Å². The second kappa shape index (κ2) is 7.53. The van der Waals surface area contributed by atoms with Gasteiger partial charge in [-0.1, -0.05) is 19.4 Å². The second-order valence-corrected chi connectivity index (χ2v) is 6.14. The summed E-state index contributed by atoms with van der Waals surface area (Å²) in [6, 6.07) is 9.54. The maximum atomic E-state index is 9.39. The van der Waals surface area contributed by atoms with Crippen LogP contribution in [0.1, 0.15) is 36.7 Å². The number of hydrogen-bond acceptors (Lipinski definition) is 5. The molecule has 0 aliphatic rings. The molecular weight excluding hydrogens is 316 g/mol. The van der Waals surface area contributed by atoms with Crippen LogP contribution >= 0.6 is 0 Å². The third kappa shape index (κ3) is 3.74. The standard InChI is InChI=1S/C19H24N4O2/c1-3-4-9-25-18-8-5-13(2)21-16(18)11-23-17-10-14(12-24)6-7-15(17)22-19(23)20/h5-8,10,24H,3-4,9,11-12H2,1-2H3,(H2,20,22). The average Bonchev–Trinajstić information content (AvgIpc) is 2.92. The van der Waals surface area contributed by atoms with Crippen molar-refractivity contribution in [1.29, 1.82) is 0 Å². The summed E-state index contributed by atoms with van der Waals surface area (Å²) in [6.45, 7) is 5.21. The lowest BCUT2D eigenvalue weighted by Gasteiger charge is -2.13. The Bertz CT molecular complexity index is 873. The smallest absolute Gasteiger partial charge is 0.201 e. The number of fused-ring (bicyclic) bond motifs is 1. The quantitative estimate of drug-likeness (QED) is 0.646. The number of nitrogens with zero attached hydrogens (tertiary/aromatic N) is 3. The summed E-state index contributed by atoms with van der Waals surface area (Å²) in [6.07, 6.45) is 2.08. The van der Waals surface area contributed by atoms with Gasteiger partial charge >= 0.3 is 0 Å². The van der Waals surface area contributed by atoms with Crippen molar-refractivity contribution in [1.82, 2.24) is 14.5 Å². The summed E-state index contributed by atoms with van der Waals surface area (Å²) in [7, 11) is 0. The lowest BCUT2D eigenvalue weighted by molar-refractivity contribution is 0.282. The molecule has 1 aromatic carbocycles. The molecule has 2 aromatic heterocycles. The molecule has 3 N–H and O–H groups in total. The predicted octanol–water partition coefficient (Wildman–Crippen LogP) is 3.04. The molecule has 132 valence electrons. The summed E-state index contributed by atoms with van der Waals surface area (Å²) >= 11 is 0. The zero-order valence-corrected chi connectivity index (χ0v) is 14.7. The Kier molecular flexibility index (Phi) is 5.19. The number of aromatic nitrogens is 3. The highest BCUT2D eigenvalue weighted by molar-refractivity contribution is 5.79. The summed E-state index contributed by atoms with van der Waals surface area (Å²) in [4.78, 5) is 9.04. The Morgan fingerprint density at radius 1 is 1.20 bits per heavy atom. The highest BCUT2D eigenvalue weighted by Crippen LogP contribution is 2.24. The third-order valence-corrected chi connectivity index (χ3v) is 4.16. The van der Waals surface area contributed by atoms with Crippen LogP contribution in [-0.2, 0) is 13.2 Å². The van der Waals surface area contributed by atoms with Crippen LogP contribution in [0.4, 0.5) is 5.95 Å². The fraction of sp³-hybridized carbons (Fsp3) is 0.368. The van der Waals surface area contributed by atoms with Crippen molar-refractivity contribution in [2.75, 3.05) is 12.3 Å². The molecule has 0 saturated heterocycles. The van der Waals surface area contributed by atoms with E-state index in [1.54, 1.807) is 0 Å². The molecule has 0 bridgehead atoms. The highest BCUT2D eigenvalue weighted by atomic mass is 16.5. The molecule has 2 heterocycles. The maximum absolute atomic E-state index is 9.39. The fourth-order valence-electron chi connectivity index (χ4n) is 2.77. The Morgan fingerprint density at radius 3 is 2.80 bits per heavy atom. The van der Waals surface area contributed by atoms with Crippen LogP contribution in [0.5, 0.6) is 5.75 Å². The lowest BCUT2D eigenvalue weighted by atomic mass is 10.2. The van der Waals surface area contributed by atoms with Gasteiger partial charge in [-0.3, -0.25) is 4.98 Å². The Hall–Kier alpha value is -2.60. The van der Waals surface area contributed by atoms with Crippen molar-refractivity contribution in [2.24, 2.45) is 0 Å². The van der Waals surface area contributed by atoms with E-state index >= 15 is 0 Å². The SMILES string of the molecule is CCCCOc1ccc(C)nc1Cn1c(N)nc2ccc(CO)cc21. The number of rotatable bonds is 7. The Morgan fingerprint density at radius 2 is 2.04 bits per heavy atom. The van der Waals surface area contributed by atoms with Gasteiger partial charge in [0.05, 0.1) is 30.8 Å². The van der Waals surface area contributed by atoms with E-state index < -0.39 is 0 Å². The molecule has 0 aliphatic carbocycles. The lowest BCUT2D eigenvalue weighted by Crippen LogP contribution is -2.09. The largest absolute Gasteiger partial charge is 0.492 e. The molecule has 6 heteroatoms. The first-order chi connectivity index (χ1) is 12.1. The van der Waals surface area contributed by atoms with Crippen LogP contribution in [0.2, 0.25) is 0 Å². The molecule has 25 heavy (non-hydrogen) atoms. The van der Waals surface area contributed by atoms with Gasteiger partial charge in [-0.15, -0.1) is 0 Å². The molecule has 0 saturated carbocycles. The molecule has 0 amide bonds. The Labute approximate surface area is 147 Å². The van der Waals surface area contributed by atoms with Crippen LogP contribution in [0.3, 0.4) is 0 Å². The molecule has 0 spiro atoms. The molecular formula is C19H24N4O2. The van der Waals surface area contributed by atoms with Gasteiger partial charge in [-0.2, -0.15) is 0 Å². The number of anilines is 1. The number of hydrogen-bond donors (Lipinski definition) is 2. The van der Waals surface area contributed by atoms with Crippen molar-refractivity contribution < 1.29 is 9.84 Å². The van der Waals surface area contributed by atoms with Crippen molar-refractivity contribution in [3.05, 3.63) is 47.3 Å². The minimum atomic E-state index is -0.0188. The predicted molar refractivity (Wildman–Crippen MR) is 98.5 cm³/mol. The van der Waals surface area contributed by atoms with E-state index in [4.69, 9.17) is 10.5 Å². The summed E-state index contributed by atoms with van der Waals surface area (Å²) < 4.78 is 7.81. The van der Waals surface area contributed by atoms with E-state index in [0.29, 0.717) is 19.1 Å². The molecule has 6 nitrogen and oxygen atoms in total. The van der Waals surface area contributed by atoms with E-state index in [-0.39, 0.29) is 6.61 Å². The van der Waals surface area contributed by atoms with Gasteiger partial charge in [0, 0.05) is 5.69 Å². The van der Waals surface area contributed by atoms with Crippen molar-refractivity contribution in [3.63, 3.8) is 0 Å². The van der Waals surface area contributed by atoms with Crippen molar-refractivity contribution in [3.8, 4) is 5.75 Å². The van der Waals surface area contributed by atoms with Gasteiger partial charge in [0.1, 0.15) is 11.4 Å². The molecule has 0 aliphatic heterocycles. The van der Waals surface area contributed by atoms with E-state index in [1.165, 1.54) is 0 Å². The topological polar surface area (TPSA) is 86.2 Å². The number of benzene rings is 1. The van der Waals surface area contributed by atoms with Gasteiger partial charge in [-0.05, 0) is 43.2 Å². The molecule has 3 rings (SSSR count).